The summed E-state index contributed by atoms with van der Waals surface area (Å²) in [6.07, 6.45) is 12.5. The van der Waals surface area contributed by atoms with E-state index in [4.69, 9.17) is 4.74 Å². The molecule has 0 aromatic rings. The summed E-state index contributed by atoms with van der Waals surface area (Å²) in [4.78, 5) is 11.5. The van der Waals surface area contributed by atoms with Crippen LogP contribution >= 0.6 is 0 Å². The highest BCUT2D eigenvalue weighted by Gasteiger charge is 2.36. The topological polar surface area (TPSA) is 43.4 Å². The van der Waals surface area contributed by atoms with Crippen molar-refractivity contribution in [3.05, 3.63) is 0 Å². The van der Waals surface area contributed by atoms with Crippen LogP contribution in [0, 0.1) is 11.8 Å². The normalized spacial score (nSPS) is 23.7. The molecular formula is C16H28O3S. The van der Waals surface area contributed by atoms with Crippen molar-refractivity contribution in [3.63, 3.8) is 0 Å². The van der Waals surface area contributed by atoms with Gasteiger partial charge < -0.3 is 4.74 Å². The number of methoxy groups -OCH3 is 1. The molecule has 2 rings (SSSR count). The van der Waals surface area contributed by atoms with E-state index in [1.165, 1.54) is 71.3 Å². The largest absolute Gasteiger partial charge is 0.468 e. The maximum Gasteiger partial charge on any atom is 0.318 e. The third-order valence-corrected chi connectivity index (χ3v) is 6.92. The van der Waals surface area contributed by atoms with Crippen molar-refractivity contribution in [1.29, 1.82) is 0 Å². The standard InChI is InChI=1S/C16H28O3S/c1-19-15(17)12-20(18)16(13-8-4-2-5-9-13)14-10-6-3-7-11-14/h13-14,16H,2-12H2,1H3. The lowest BCUT2D eigenvalue weighted by molar-refractivity contribution is -0.137. The van der Waals surface area contributed by atoms with E-state index in [0.29, 0.717) is 11.8 Å². The minimum Gasteiger partial charge on any atom is -0.468 e. The Morgan fingerprint density at radius 1 is 1.00 bits per heavy atom. The molecule has 0 N–H and O–H groups in total. The number of hydrogen-bond acceptors (Lipinski definition) is 3. The third kappa shape index (κ3) is 4.31. The second-order valence-corrected chi connectivity index (χ2v) is 7.96. The lowest BCUT2D eigenvalue weighted by atomic mass is 9.77. The van der Waals surface area contributed by atoms with Gasteiger partial charge in [-0.1, -0.05) is 38.5 Å². The fraction of sp³-hybridized carbons (Fsp3) is 0.938. The van der Waals surface area contributed by atoms with Gasteiger partial charge in [0.25, 0.3) is 0 Å². The van der Waals surface area contributed by atoms with E-state index >= 15 is 0 Å². The minimum atomic E-state index is -1.06. The molecule has 0 heterocycles. The number of carbonyl (C=O) groups excluding carboxylic acids is 1. The van der Waals surface area contributed by atoms with Crippen LogP contribution in [0.3, 0.4) is 0 Å². The number of ether oxygens (including phenoxy) is 1. The van der Waals surface area contributed by atoms with Crippen LogP contribution in [-0.2, 0) is 20.3 Å². The van der Waals surface area contributed by atoms with Crippen LogP contribution in [0.2, 0.25) is 0 Å². The first-order valence-electron chi connectivity index (χ1n) is 8.16. The Morgan fingerprint density at radius 2 is 1.45 bits per heavy atom. The monoisotopic (exact) mass is 300 g/mol. The predicted octanol–water partition coefficient (Wildman–Crippen LogP) is 3.44. The molecule has 0 saturated heterocycles. The molecule has 0 aromatic heterocycles. The number of carbonyl (C=O) groups is 1. The summed E-state index contributed by atoms with van der Waals surface area (Å²) < 4.78 is 17.4. The molecule has 0 aliphatic heterocycles. The second kappa shape index (κ2) is 8.16. The van der Waals surface area contributed by atoms with Gasteiger partial charge in [-0.3, -0.25) is 9.00 Å². The van der Waals surface area contributed by atoms with Crippen LogP contribution < -0.4 is 0 Å². The van der Waals surface area contributed by atoms with Crippen LogP contribution in [0.4, 0.5) is 0 Å². The van der Waals surface area contributed by atoms with Gasteiger partial charge in [-0.2, -0.15) is 0 Å². The maximum absolute atomic E-state index is 12.7. The van der Waals surface area contributed by atoms with Crippen LogP contribution in [0.15, 0.2) is 0 Å². The molecule has 1 atom stereocenters. The first kappa shape index (κ1) is 16.0. The van der Waals surface area contributed by atoms with Gasteiger partial charge in [0.05, 0.1) is 7.11 Å². The summed E-state index contributed by atoms with van der Waals surface area (Å²) in [6.45, 7) is 0. The minimum absolute atomic E-state index is 0.0914. The van der Waals surface area contributed by atoms with Crippen molar-refractivity contribution in [2.45, 2.75) is 69.5 Å². The van der Waals surface area contributed by atoms with Gasteiger partial charge in [-0.05, 0) is 37.5 Å². The van der Waals surface area contributed by atoms with Crippen molar-refractivity contribution in [2.24, 2.45) is 11.8 Å². The maximum atomic E-state index is 12.7. The van der Waals surface area contributed by atoms with Crippen molar-refractivity contribution in [3.8, 4) is 0 Å². The first-order valence-corrected chi connectivity index (χ1v) is 9.54. The molecule has 0 bridgehead atoms. The van der Waals surface area contributed by atoms with Gasteiger partial charge in [0.1, 0.15) is 5.75 Å². The van der Waals surface area contributed by atoms with Gasteiger partial charge in [0, 0.05) is 16.0 Å². The number of esters is 1. The Labute approximate surface area is 125 Å². The molecule has 1 unspecified atom stereocenters. The smallest absolute Gasteiger partial charge is 0.318 e. The number of hydrogen-bond donors (Lipinski definition) is 0. The summed E-state index contributed by atoms with van der Waals surface area (Å²) in [5, 5.41) is 0.231. The van der Waals surface area contributed by atoms with Gasteiger partial charge in [-0.25, -0.2) is 0 Å². The van der Waals surface area contributed by atoms with E-state index in [2.05, 4.69) is 0 Å². The average Bonchev–Trinajstić information content (AvgIpc) is 2.49. The van der Waals surface area contributed by atoms with Crippen LogP contribution in [-0.4, -0.2) is 28.3 Å². The molecule has 2 aliphatic carbocycles. The molecule has 0 radical (unpaired) electrons. The zero-order valence-corrected chi connectivity index (χ0v) is 13.5. The van der Waals surface area contributed by atoms with E-state index in [1.54, 1.807) is 0 Å². The van der Waals surface area contributed by atoms with Crippen LogP contribution in [0.1, 0.15) is 64.2 Å². The van der Waals surface area contributed by atoms with E-state index in [9.17, 15) is 9.00 Å². The molecule has 0 spiro atoms. The summed E-state index contributed by atoms with van der Waals surface area (Å²) in [5.41, 5.74) is 0. The van der Waals surface area contributed by atoms with Crippen molar-refractivity contribution < 1.29 is 13.7 Å². The molecule has 4 heteroatoms. The molecular weight excluding hydrogens is 272 g/mol. The third-order valence-electron chi connectivity index (χ3n) is 5.02. The van der Waals surface area contributed by atoms with E-state index in [1.807, 2.05) is 0 Å². The molecule has 116 valence electrons. The summed E-state index contributed by atoms with van der Waals surface area (Å²) in [6, 6.07) is 0. The van der Waals surface area contributed by atoms with Crippen molar-refractivity contribution in [1.82, 2.24) is 0 Å². The van der Waals surface area contributed by atoms with Crippen LogP contribution in [0.5, 0.6) is 0 Å². The zero-order chi connectivity index (χ0) is 14.4. The fourth-order valence-corrected chi connectivity index (χ4v) is 5.96. The van der Waals surface area contributed by atoms with Gasteiger partial charge >= 0.3 is 5.97 Å². The Bertz CT molecular complexity index is 313. The van der Waals surface area contributed by atoms with E-state index in [0.717, 1.165) is 0 Å². The Hall–Kier alpha value is -0.380. The molecule has 2 saturated carbocycles. The Morgan fingerprint density at radius 3 is 1.85 bits per heavy atom. The zero-order valence-electron chi connectivity index (χ0n) is 12.6. The molecule has 0 aromatic carbocycles. The van der Waals surface area contributed by atoms with Crippen LogP contribution in [0.25, 0.3) is 0 Å². The quantitative estimate of drug-likeness (QED) is 0.731. The summed E-state index contributed by atoms with van der Waals surface area (Å²) in [7, 11) is 0.327. The highest BCUT2D eigenvalue weighted by Crippen LogP contribution is 2.38. The molecule has 2 fully saturated rings. The SMILES string of the molecule is COC(=O)CS(=O)C(C1CCCCC1)C1CCCCC1. The highest BCUT2D eigenvalue weighted by molar-refractivity contribution is 7.86. The lowest BCUT2D eigenvalue weighted by Gasteiger charge is -2.37. The fourth-order valence-electron chi connectivity index (χ4n) is 4.01. The summed E-state index contributed by atoms with van der Waals surface area (Å²) >= 11 is 0. The first-order chi connectivity index (χ1) is 9.72. The molecule has 20 heavy (non-hydrogen) atoms. The van der Waals surface area contributed by atoms with Crippen molar-refractivity contribution >= 4 is 16.8 Å². The van der Waals surface area contributed by atoms with E-state index in [-0.39, 0.29) is 17.0 Å². The second-order valence-electron chi connectivity index (χ2n) is 6.36. The van der Waals surface area contributed by atoms with Gasteiger partial charge in [0.15, 0.2) is 0 Å². The predicted molar refractivity (Wildman–Crippen MR) is 82.0 cm³/mol. The highest BCUT2D eigenvalue weighted by atomic mass is 32.2. The van der Waals surface area contributed by atoms with Crippen molar-refractivity contribution in [2.75, 3.05) is 12.9 Å². The number of rotatable bonds is 5. The average molecular weight is 300 g/mol. The van der Waals surface area contributed by atoms with E-state index < -0.39 is 10.8 Å². The molecule has 2 aliphatic rings. The van der Waals surface area contributed by atoms with Gasteiger partial charge in [0.2, 0.25) is 0 Å². The molecule has 0 amide bonds. The Balaban J connectivity index is 2.05. The Kier molecular flexibility index (Phi) is 6.53. The van der Waals surface area contributed by atoms with Gasteiger partial charge in [-0.15, -0.1) is 0 Å². The molecule has 3 nitrogen and oxygen atoms in total. The lowest BCUT2D eigenvalue weighted by Crippen LogP contribution is -2.38. The summed E-state index contributed by atoms with van der Waals surface area (Å²) in [5.74, 6) is 0.906.